The van der Waals surface area contributed by atoms with Crippen molar-refractivity contribution in [3.8, 4) is 0 Å². The third kappa shape index (κ3) is 5.01. The van der Waals surface area contributed by atoms with Crippen LogP contribution < -0.4 is 11.1 Å². The summed E-state index contributed by atoms with van der Waals surface area (Å²) in [6.07, 6.45) is 5.58. The van der Waals surface area contributed by atoms with Gasteiger partial charge in [-0.05, 0) is 63.0 Å². The first-order valence-corrected chi connectivity index (χ1v) is 8.69. The first kappa shape index (κ1) is 17.9. The highest BCUT2D eigenvalue weighted by molar-refractivity contribution is 5.90. The first-order chi connectivity index (χ1) is 11.2. The summed E-state index contributed by atoms with van der Waals surface area (Å²) in [7, 11) is 0. The number of carbonyl (C=O) groups is 1. The van der Waals surface area contributed by atoms with Crippen molar-refractivity contribution in [2.45, 2.75) is 51.5 Å². The number of anilines is 1. The van der Waals surface area contributed by atoms with Gasteiger partial charge < -0.3 is 11.1 Å². The largest absolute Gasteiger partial charge is 0.330 e. The number of hydrogen-bond donors (Lipinski definition) is 2. The minimum atomic E-state index is -0.373. The average molecular weight is 321 g/mol. The van der Waals surface area contributed by atoms with Crippen LogP contribution in [0.25, 0.3) is 0 Å². The van der Waals surface area contributed by atoms with Crippen molar-refractivity contribution in [2.24, 2.45) is 5.73 Å². The molecule has 1 amide bonds. The van der Waals surface area contributed by atoms with Crippen molar-refractivity contribution in [1.29, 1.82) is 0 Å². The molecule has 2 rings (SSSR count). The van der Waals surface area contributed by atoms with Crippen LogP contribution in [0.15, 0.2) is 18.2 Å². The molecular formula is C18H28FN3O. The maximum absolute atomic E-state index is 14.0. The highest BCUT2D eigenvalue weighted by atomic mass is 19.1. The second-order valence-corrected chi connectivity index (χ2v) is 6.23. The number of nitrogens with one attached hydrogen (secondary N) is 1. The Morgan fingerprint density at radius 2 is 2.26 bits per heavy atom. The molecule has 1 aliphatic heterocycles. The molecule has 23 heavy (non-hydrogen) atoms. The monoisotopic (exact) mass is 321 g/mol. The third-order valence-electron chi connectivity index (χ3n) is 4.39. The van der Waals surface area contributed by atoms with E-state index < -0.39 is 0 Å². The van der Waals surface area contributed by atoms with Crippen LogP contribution in [0.3, 0.4) is 0 Å². The summed E-state index contributed by atoms with van der Waals surface area (Å²) in [5.41, 5.74) is 7.01. The Hall–Kier alpha value is -1.46. The average Bonchev–Trinajstić information content (AvgIpc) is 2.55. The Morgan fingerprint density at radius 1 is 1.43 bits per heavy atom. The van der Waals surface area contributed by atoms with E-state index in [1.165, 1.54) is 18.9 Å². The van der Waals surface area contributed by atoms with Crippen LogP contribution in [0, 0.1) is 5.82 Å². The van der Waals surface area contributed by atoms with E-state index in [1.807, 2.05) is 13.0 Å². The van der Waals surface area contributed by atoms with E-state index in [2.05, 4.69) is 10.2 Å². The molecule has 1 unspecified atom stereocenters. The molecule has 0 aliphatic carbocycles. The van der Waals surface area contributed by atoms with Gasteiger partial charge in [0, 0.05) is 12.5 Å². The predicted octanol–water partition coefficient (Wildman–Crippen LogP) is 3.44. The minimum Gasteiger partial charge on any atom is -0.330 e. The molecule has 1 atom stereocenters. The summed E-state index contributed by atoms with van der Waals surface area (Å²) >= 11 is 0. The molecule has 0 spiro atoms. The normalized spacial score (nSPS) is 18.8. The quantitative estimate of drug-likeness (QED) is 0.809. The molecule has 0 aromatic heterocycles. The molecule has 1 fully saturated rings. The van der Waals surface area contributed by atoms with Gasteiger partial charge in [0.2, 0.25) is 5.91 Å². The lowest BCUT2D eigenvalue weighted by atomic mass is 9.94. The molecule has 128 valence electrons. The molecular weight excluding hydrogens is 293 g/mol. The molecule has 1 aromatic rings. The number of halogens is 1. The lowest BCUT2D eigenvalue weighted by Crippen LogP contribution is -2.35. The summed E-state index contributed by atoms with van der Waals surface area (Å²) in [6.45, 7) is 4.64. The van der Waals surface area contributed by atoms with Gasteiger partial charge in [-0.25, -0.2) is 4.39 Å². The Balaban J connectivity index is 2.15. The fourth-order valence-corrected chi connectivity index (χ4v) is 3.22. The highest BCUT2D eigenvalue weighted by Crippen LogP contribution is 2.32. The Labute approximate surface area is 138 Å². The van der Waals surface area contributed by atoms with Crippen molar-refractivity contribution in [3.63, 3.8) is 0 Å². The number of benzene rings is 1. The zero-order valence-corrected chi connectivity index (χ0v) is 14.0. The number of likely N-dealkylation sites (tertiary alicyclic amines) is 1. The van der Waals surface area contributed by atoms with E-state index in [0.717, 1.165) is 37.9 Å². The number of hydrogen-bond acceptors (Lipinski definition) is 3. The predicted molar refractivity (Wildman–Crippen MR) is 91.8 cm³/mol. The number of amides is 1. The fraction of sp³-hybridized carbons (Fsp3) is 0.611. The Morgan fingerprint density at radius 3 is 3.00 bits per heavy atom. The highest BCUT2D eigenvalue weighted by Gasteiger charge is 2.24. The summed E-state index contributed by atoms with van der Waals surface area (Å²) in [5.74, 6) is -0.505. The van der Waals surface area contributed by atoms with Gasteiger partial charge in [-0.2, -0.15) is 0 Å². The standard InChI is InChI=1S/C18H28FN3O/c1-2-6-18(23)21-16-13-14(8-9-15(16)19)17-7-3-4-11-22(17)12-5-10-20/h8-9,13,17H,2-7,10-12,20H2,1H3,(H,21,23). The van der Waals surface area contributed by atoms with Gasteiger partial charge in [-0.3, -0.25) is 9.69 Å². The van der Waals surface area contributed by atoms with E-state index in [4.69, 9.17) is 5.73 Å². The van der Waals surface area contributed by atoms with Gasteiger partial charge in [0.05, 0.1) is 5.69 Å². The van der Waals surface area contributed by atoms with Gasteiger partial charge in [0.1, 0.15) is 5.82 Å². The molecule has 3 N–H and O–H groups in total. The van der Waals surface area contributed by atoms with E-state index in [1.54, 1.807) is 6.07 Å². The molecule has 0 bridgehead atoms. The van der Waals surface area contributed by atoms with E-state index in [0.29, 0.717) is 18.7 Å². The van der Waals surface area contributed by atoms with Crippen LogP contribution in [-0.4, -0.2) is 30.4 Å². The maximum Gasteiger partial charge on any atom is 0.224 e. The second-order valence-electron chi connectivity index (χ2n) is 6.23. The fourth-order valence-electron chi connectivity index (χ4n) is 3.22. The van der Waals surface area contributed by atoms with Crippen LogP contribution >= 0.6 is 0 Å². The smallest absolute Gasteiger partial charge is 0.224 e. The zero-order chi connectivity index (χ0) is 16.7. The summed E-state index contributed by atoms with van der Waals surface area (Å²) in [6, 6.07) is 5.40. The number of carbonyl (C=O) groups excluding carboxylic acids is 1. The molecule has 1 saturated heterocycles. The van der Waals surface area contributed by atoms with Crippen LogP contribution in [0.2, 0.25) is 0 Å². The molecule has 1 aliphatic rings. The summed E-state index contributed by atoms with van der Waals surface area (Å²) < 4.78 is 14.0. The summed E-state index contributed by atoms with van der Waals surface area (Å²) in [5, 5.41) is 2.70. The van der Waals surface area contributed by atoms with E-state index in [-0.39, 0.29) is 17.8 Å². The zero-order valence-electron chi connectivity index (χ0n) is 14.0. The molecule has 1 aromatic carbocycles. The Kier molecular flexibility index (Phi) is 6.99. The maximum atomic E-state index is 14.0. The first-order valence-electron chi connectivity index (χ1n) is 8.69. The molecule has 5 heteroatoms. The minimum absolute atomic E-state index is 0.132. The lowest BCUT2D eigenvalue weighted by Gasteiger charge is -2.36. The Bertz CT molecular complexity index is 521. The van der Waals surface area contributed by atoms with E-state index in [9.17, 15) is 9.18 Å². The molecule has 4 nitrogen and oxygen atoms in total. The topological polar surface area (TPSA) is 58.4 Å². The van der Waals surface area contributed by atoms with Crippen LogP contribution in [0.4, 0.5) is 10.1 Å². The van der Waals surface area contributed by atoms with Crippen molar-refractivity contribution >= 4 is 11.6 Å². The third-order valence-corrected chi connectivity index (χ3v) is 4.39. The van der Waals surface area contributed by atoms with Crippen molar-refractivity contribution < 1.29 is 9.18 Å². The van der Waals surface area contributed by atoms with Gasteiger partial charge in [-0.1, -0.05) is 19.4 Å². The van der Waals surface area contributed by atoms with Crippen LogP contribution in [-0.2, 0) is 4.79 Å². The van der Waals surface area contributed by atoms with Gasteiger partial charge in [0.25, 0.3) is 0 Å². The van der Waals surface area contributed by atoms with Crippen molar-refractivity contribution in [3.05, 3.63) is 29.6 Å². The van der Waals surface area contributed by atoms with Crippen molar-refractivity contribution in [1.82, 2.24) is 4.90 Å². The van der Waals surface area contributed by atoms with Gasteiger partial charge >= 0.3 is 0 Å². The number of piperidine rings is 1. The van der Waals surface area contributed by atoms with Gasteiger partial charge in [-0.15, -0.1) is 0 Å². The number of nitrogens with zero attached hydrogens (tertiary/aromatic N) is 1. The molecule has 0 radical (unpaired) electrons. The SMILES string of the molecule is CCCC(=O)Nc1cc(C2CCCCN2CCCN)ccc1F. The van der Waals surface area contributed by atoms with E-state index >= 15 is 0 Å². The van der Waals surface area contributed by atoms with Crippen molar-refractivity contribution in [2.75, 3.05) is 25.0 Å². The van der Waals surface area contributed by atoms with Crippen LogP contribution in [0.5, 0.6) is 0 Å². The van der Waals surface area contributed by atoms with Gasteiger partial charge in [0.15, 0.2) is 0 Å². The summed E-state index contributed by atoms with van der Waals surface area (Å²) in [4.78, 5) is 14.2. The van der Waals surface area contributed by atoms with Crippen LogP contribution in [0.1, 0.15) is 57.1 Å². The number of rotatable bonds is 7. The number of nitrogens with two attached hydrogens (primary N) is 1. The second kappa shape index (κ2) is 8.99. The lowest BCUT2D eigenvalue weighted by molar-refractivity contribution is -0.116. The molecule has 0 saturated carbocycles. The molecule has 1 heterocycles.